The normalized spacial score (nSPS) is 15.0. The molecule has 0 unspecified atom stereocenters. The molecule has 3 aromatic rings. The zero-order valence-corrected chi connectivity index (χ0v) is 15.2. The summed E-state index contributed by atoms with van der Waals surface area (Å²) in [5.74, 6) is 3.20. The molecule has 1 aliphatic rings. The van der Waals surface area contributed by atoms with Crippen LogP contribution in [0.4, 0.5) is 5.82 Å². The third kappa shape index (κ3) is 3.64. The highest BCUT2D eigenvalue weighted by molar-refractivity contribution is 7.99. The van der Waals surface area contributed by atoms with Gasteiger partial charge in [-0.3, -0.25) is 4.79 Å². The first-order valence-corrected chi connectivity index (χ1v) is 9.54. The summed E-state index contributed by atoms with van der Waals surface area (Å²) in [6.07, 6.45) is 3.57. The molecule has 1 saturated heterocycles. The lowest BCUT2D eigenvalue weighted by molar-refractivity contribution is -0.128. The lowest BCUT2D eigenvalue weighted by Crippen LogP contribution is -2.49. The van der Waals surface area contributed by atoms with Crippen LogP contribution in [0, 0.1) is 6.92 Å². The standard InChI is InChI=1S/C16H19N7O2S/c1-12-18-15(25-20-12)10-26-11-16(24)22-8-6-21(7-9-22)14-3-2-13-17-4-5-23(13)19-14/h2-5H,6-11H2,1H3. The van der Waals surface area contributed by atoms with Crippen LogP contribution in [0.5, 0.6) is 0 Å². The number of nitrogens with zero attached hydrogens (tertiary/aromatic N) is 7. The summed E-state index contributed by atoms with van der Waals surface area (Å²) in [4.78, 5) is 24.8. The van der Waals surface area contributed by atoms with Gasteiger partial charge < -0.3 is 14.3 Å². The molecule has 26 heavy (non-hydrogen) atoms. The Kier molecular flexibility index (Phi) is 4.74. The van der Waals surface area contributed by atoms with Crippen molar-refractivity contribution in [3.8, 4) is 0 Å². The maximum absolute atomic E-state index is 12.4. The minimum Gasteiger partial charge on any atom is -0.352 e. The third-order valence-corrected chi connectivity index (χ3v) is 5.12. The number of piperazine rings is 1. The topological polar surface area (TPSA) is 92.7 Å². The first kappa shape index (κ1) is 16.8. The lowest BCUT2D eigenvalue weighted by atomic mass is 10.3. The number of hydrogen-bond acceptors (Lipinski definition) is 8. The number of thioether (sulfide) groups is 1. The molecule has 10 heteroatoms. The highest BCUT2D eigenvalue weighted by Gasteiger charge is 2.22. The van der Waals surface area contributed by atoms with Gasteiger partial charge in [0.1, 0.15) is 5.82 Å². The second-order valence-electron chi connectivity index (χ2n) is 6.02. The molecule has 1 aliphatic heterocycles. The summed E-state index contributed by atoms with van der Waals surface area (Å²) in [6.45, 7) is 4.71. The predicted molar refractivity (Wildman–Crippen MR) is 97.0 cm³/mol. The molecule has 136 valence electrons. The largest absolute Gasteiger partial charge is 0.352 e. The van der Waals surface area contributed by atoms with Gasteiger partial charge in [0.25, 0.3) is 0 Å². The van der Waals surface area contributed by atoms with E-state index in [-0.39, 0.29) is 5.91 Å². The van der Waals surface area contributed by atoms with Crippen LogP contribution in [0.2, 0.25) is 0 Å². The Balaban J connectivity index is 1.26. The summed E-state index contributed by atoms with van der Waals surface area (Å²) >= 11 is 1.50. The molecule has 1 amide bonds. The van der Waals surface area contributed by atoms with Gasteiger partial charge in [0, 0.05) is 38.6 Å². The van der Waals surface area contributed by atoms with E-state index >= 15 is 0 Å². The number of carbonyl (C=O) groups is 1. The molecule has 0 N–H and O–H groups in total. The molecule has 0 spiro atoms. The van der Waals surface area contributed by atoms with Gasteiger partial charge in [-0.25, -0.2) is 9.50 Å². The predicted octanol–water partition coefficient (Wildman–Crippen LogP) is 1.00. The molecule has 4 rings (SSSR count). The van der Waals surface area contributed by atoms with E-state index in [1.165, 1.54) is 11.8 Å². The molecular formula is C16H19N7O2S. The molecule has 4 heterocycles. The Bertz CT molecular complexity index is 901. The van der Waals surface area contributed by atoms with Crippen molar-refractivity contribution in [3.05, 3.63) is 36.2 Å². The van der Waals surface area contributed by atoms with Gasteiger partial charge in [-0.15, -0.1) is 16.9 Å². The summed E-state index contributed by atoms with van der Waals surface area (Å²) in [6, 6.07) is 3.93. The van der Waals surface area contributed by atoms with Gasteiger partial charge in [0.2, 0.25) is 11.8 Å². The number of anilines is 1. The molecular weight excluding hydrogens is 354 g/mol. The fourth-order valence-electron chi connectivity index (χ4n) is 2.87. The minimum atomic E-state index is 0.143. The number of carbonyl (C=O) groups excluding carboxylic acids is 1. The van der Waals surface area contributed by atoms with Crippen molar-refractivity contribution in [2.75, 3.05) is 36.8 Å². The second-order valence-corrected chi connectivity index (χ2v) is 7.00. The summed E-state index contributed by atoms with van der Waals surface area (Å²) in [5, 5.41) is 8.31. The van der Waals surface area contributed by atoms with Crippen molar-refractivity contribution in [1.29, 1.82) is 0 Å². The van der Waals surface area contributed by atoms with E-state index in [1.54, 1.807) is 17.6 Å². The average Bonchev–Trinajstić information content (AvgIpc) is 3.30. The fourth-order valence-corrected chi connectivity index (χ4v) is 3.63. The maximum atomic E-state index is 12.4. The van der Waals surface area contributed by atoms with E-state index in [4.69, 9.17) is 4.52 Å². The number of fused-ring (bicyclic) bond motifs is 1. The van der Waals surface area contributed by atoms with Crippen LogP contribution in [-0.2, 0) is 10.5 Å². The quantitative estimate of drug-likeness (QED) is 0.654. The Morgan fingerprint density at radius 2 is 2.12 bits per heavy atom. The SMILES string of the molecule is Cc1noc(CSCC(=O)N2CCN(c3ccc4nccn4n3)CC2)n1. The number of aryl methyl sites for hydroxylation is 1. The van der Waals surface area contributed by atoms with Crippen molar-refractivity contribution >= 4 is 29.1 Å². The van der Waals surface area contributed by atoms with Gasteiger partial charge in [0.15, 0.2) is 11.5 Å². The van der Waals surface area contributed by atoms with Gasteiger partial charge in [-0.2, -0.15) is 4.98 Å². The lowest BCUT2D eigenvalue weighted by Gasteiger charge is -2.35. The van der Waals surface area contributed by atoms with Crippen molar-refractivity contribution in [2.45, 2.75) is 12.7 Å². The van der Waals surface area contributed by atoms with E-state index < -0.39 is 0 Å². The number of aromatic nitrogens is 5. The number of hydrogen-bond donors (Lipinski definition) is 0. The third-order valence-electron chi connectivity index (χ3n) is 4.22. The van der Waals surface area contributed by atoms with Crippen molar-refractivity contribution < 1.29 is 9.32 Å². The van der Waals surface area contributed by atoms with Crippen LogP contribution in [-0.4, -0.2) is 67.5 Å². The fraction of sp³-hybridized carbons (Fsp3) is 0.438. The van der Waals surface area contributed by atoms with Crippen LogP contribution >= 0.6 is 11.8 Å². The molecule has 0 aliphatic carbocycles. The highest BCUT2D eigenvalue weighted by atomic mass is 32.2. The smallest absolute Gasteiger partial charge is 0.236 e. The molecule has 0 radical (unpaired) electrons. The number of rotatable bonds is 5. The van der Waals surface area contributed by atoms with Gasteiger partial charge in [-0.1, -0.05) is 5.16 Å². The Morgan fingerprint density at radius 1 is 1.27 bits per heavy atom. The summed E-state index contributed by atoms with van der Waals surface area (Å²) in [5.41, 5.74) is 0.830. The number of imidazole rings is 1. The van der Waals surface area contributed by atoms with Crippen LogP contribution in [0.25, 0.3) is 5.65 Å². The summed E-state index contributed by atoms with van der Waals surface area (Å²) < 4.78 is 6.82. The zero-order valence-electron chi connectivity index (χ0n) is 14.4. The molecule has 0 bridgehead atoms. The van der Waals surface area contributed by atoms with Gasteiger partial charge in [0.05, 0.1) is 11.5 Å². The Hall–Kier alpha value is -2.62. The molecule has 1 fully saturated rings. The van der Waals surface area contributed by atoms with Gasteiger partial charge in [-0.05, 0) is 19.1 Å². The first-order valence-electron chi connectivity index (χ1n) is 8.39. The van der Waals surface area contributed by atoms with Crippen LogP contribution in [0.3, 0.4) is 0 Å². The van der Waals surface area contributed by atoms with E-state index in [9.17, 15) is 4.79 Å². The minimum absolute atomic E-state index is 0.143. The summed E-state index contributed by atoms with van der Waals surface area (Å²) in [7, 11) is 0. The molecule has 3 aromatic heterocycles. The van der Waals surface area contributed by atoms with E-state index in [2.05, 4.69) is 25.1 Å². The van der Waals surface area contributed by atoms with E-state index in [0.717, 1.165) is 24.6 Å². The molecule has 0 aromatic carbocycles. The Morgan fingerprint density at radius 3 is 2.88 bits per heavy atom. The van der Waals surface area contributed by atoms with Crippen LogP contribution in [0.1, 0.15) is 11.7 Å². The van der Waals surface area contributed by atoms with E-state index in [0.29, 0.717) is 36.3 Å². The zero-order chi connectivity index (χ0) is 17.9. The second kappa shape index (κ2) is 7.32. The average molecular weight is 373 g/mol. The van der Waals surface area contributed by atoms with Crippen molar-refractivity contribution in [3.63, 3.8) is 0 Å². The molecule has 9 nitrogen and oxygen atoms in total. The highest BCUT2D eigenvalue weighted by Crippen LogP contribution is 2.16. The van der Waals surface area contributed by atoms with Crippen LogP contribution < -0.4 is 4.90 Å². The van der Waals surface area contributed by atoms with E-state index in [1.807, 2.05) is 23.2 Å². The number of amides is 1. The Labute approximate surface area is 154 Å². The van der Waals surface area contributed by atoms with Gasteiger partial charge >= 0.3 is 0 Å². The van der Waals surface area contributed by atoms with Crippen molar-refractivity contribution in [1.82, 2.24) is 29.6 Å². The van der Waals surface area contributed by atoms with Crippen molar-refractivity contribution in [2.24, 2.45) is 0 Å². The molecule has 0 saturated carbocycles. The maximum Gasteiger partial charge on any atom is 0.236 e. The first-order chi connectivity index (χ1) is 12.7. The van der Waals surface area contributed by atoms with Crippen LogP contribution in [0.15, 0.2) is 29.0 Å². The monoisotopic (exact) mass is 373 g/mol. The molecule has 0 atom stereocenters.